The van der Waals surface area contributed by atoms with Crippen LogP contribution in [-0.4, -0.2) is 17.2 Å². The summed E-state index contributed by atoms with van der Waals surface area (Å²) in [6.07, 6.45) is 1.53. The summed E-state index contributed by atoms with van der Waals surface area (Å²) in [5.41, 5.74) is 4.43. The Hall–Kier alpha value is -3.39. The summed E-state index contributed by atoms with van der Waals surface area (Å²) < 4.78 is 7.09. The lowest BCUT2D eigenvalue weighted by atomic mass is 10.1. The summed E-state index contributed by atoms with van der Waals surface area (Å²) in [5.74, 6) is 0.0806. The van der Waals surface area contributed by atoms with Gasteiger partial charge in [0.25, 0.3) is 5.91 Å². The number of ether oxygens (including phenoxy) is 1. The molecule has 4 aromatic rings. The molecule has 4 aromatic carbocycles. The van der Waals surface area contributed by atoms with Crippen molar-refractivity contribution in [3.63, 3.8) is 0 Å². The number of carbonyl (C=O) groups excluding carboxylic acids is 1. The van der Waals surface area contributed by atoms with Gasteiger partial charge in [0.2, 0.25) is 0 Å². The zero-order chi connectivity index (χ0) is 21.6. The first-order valence-corrected chi connectivity index (χ1v) is 10.7. The fraction of sp³-hybridized carbons (Fsp3) is 0.0400. The third kappa shape index (κ3) is 5.21. The first-order chi connectivity index (χ1) is 15.1. The van der Waals surface area contributed by atoms with Crippen molar-refractivity contribution >= 4 is 45.5 Å². The molecule has 154 valence electrons. The van der Waals surface area contributed by atoms with Crippen molar-refractivity contribution in [2.24, 2.45) is 5.10 Å². The Bertz CT molecular complexity index is 1250. The molecule has 6 heteroatoms. The van der Waals surface area contributed by atoms with Crippen molar-refractivity contribution < 1.29 is 14.6 Å². The van der Waals surface area contributed by atoms with Crippen LogP contribution in [-0.2, 0) is 6.61 Å². The lowest BCUT2D eigenvalue weighted by molar-refractivity contribution is 0.0952. The van der Waals surface area contributed by atoms with Gasteiger partial charge in [0, 0.05) is 9.13 Å². The molecular weight excluding hydrogens is 503 g/mol. The molecule has 0 saturated carbocycles. The summed E-state index contributed by atoms with van der Waals surface area (Å²) in [6.45, 7) is 0.430. The van der Waals surface area contributed by atoms with Crippen LogP contribution in [0.25, 0.3) is 10.8 Å². The van der Waals surface area contributed by atoms with Gasteiger partial charge in [0.1, 0.15) is 18.1 Å². The van der Waals surface area contributed by atoms with Crippen molar-refractivity contribution in [1.82, 2.24) is 5.43 Å². The van der Waals surface area contributed by atoms with Crippen LogP contribution in [0.15, 0.2) is 90.0 Å². The highest BCUT2D eigenvalue weighted by atomic mass is 127. The number of aromatic hydroxyl groups is 1. The van der Waals surface area contributed by atoms with Crippen LogP contribution in [0, 0.1) is 3.57 Å². The maximum Gasteiger partial charge on any atom is 0.275 e. The number of rotatable bonds is 6. The number of benzene rings is 4. The van der Waals surface area contributed by atoms with E-state index in [0.29, 0.717) is 12.4 Å². The molecule has 0 radical (unpaired) electrons. The Balaban J connectivity index is 1.45. The molecule has 4 rings (SSSR count). The third-order valence-electron chi connectivity index (χ3n) is 4.70. The van der Waals surface area contributed by atoms with Crippen LogP contribution in [0.1, 0.15) is 21.5 Å². The molecule has 5 nitrogen and oxygen atoms in total. The van der Waals surface area contributed by atoms with E-state index in [1.807, 2.05) is 72.8 Å². The molecule has 0 aliphatic heterocycles. The van der Waals surface area contributed by atoms with Gasteiger partial charge >= 0.3 is 0 Å². The fourth-order valence-corrected chi connectivity index (χ4v) is 3.45. The Kier molecular flexibility index (Phi) is 6.47. The number of hydrazone groups is 1. The van der Waals surface area contributed by atoms with E-state index in [1.165, 1.54) is 9.78 Å². The van der Waals surface area contributed by atoms with Gasteiger partial charge in [-0.1, -0.05) is 48.5 Å². The SMILES string of the molecule is O=C(NN=Cc1ccccc1OCc1ccc(I)cc1)c1cc2ccccc2cc1O. The number of amides is 1. The van der Waals surface area contributed by atoms with Gasteiger partial charge in [-0.25, -0.2) is 5.43 Å². The Morgan fingerprint density at radius 3 is 2.42 bits per heavy atom. The average Bonchev–Trinajstić information content (AvgIpc) is 2.79. The molecule has 0 spiro atoms. The summed E-state index contributed by atoms with van der Waals surface area (Å²) in [7, 11) is 0. The molecule has 0 heterocycles. The summed E-state index contributed by atoms with van der Waals surface area (Å²) in [6, 6.07) is 26.3. The second kappa shape index (κ2) is 9.61. The van der Waals surface area contributed by atoms with Gasteiger partial charge < -0.3 is 9.84 Å². The Labute approximate surface area is 193 Å². The molecule has 0 aliphatic rings. The number of nitrogens with zero attached hydrogens (tertiary/aromatic N) is 1. The topological polar surface area (TPSA) is 70.9 Å². The first-order valence-electron chi connectivity index (χ1n) is 9.61. The molecule has 0 atom stereocenters. The third-order valence-corrected chi connectivity index (χ3v) is 5.42. The Morgan fingerprint density at radius 2 is 1.65 bits per heavy atom. The molecule has 0 bridgehead atoms. The number of hydrogen-bond acceptors (Lipinski definition) is 4. The standard InChI is InChI=1S/C25H19IN2O3/c26-21-11-9-17(10-12-21)16-31-24-8-4-3-7-20(24)15-27-28-25(30)22-13-18-5-1-2-6-19(18)14-23(22)29/h1-15,29H,16H2,(H,28,30). The predicted octanol–water partition coefficient (Wildman–Crippen LogP) is 5.49. The number of nitrogens with one attached hydrogen (secondary N) is 1. The van der Waals surface area contributed by atoms with Gasteiger partial charge in [0.15, 0.2) is 0 Å². The van der Waals surface area contributed by atoms with Gasteiger partial charge in [0.05, 0.1) is 11.8 Å². The molecule has 0 aliphatic carbocycles. The summed E-state index contributed by atoms with van der Waals surface area (Å²) in [5, 5.41) is 16.0. The van der Waals surface area contributed by atoms with Crippen LogP contribution in [0.2, 0.25) is 0 Å². The van der Waals surface area contributed by atoms with Crippen LogP contribution in [0.3, 0.4) is 0 Å². The molecule has 31 heavy (non-hydrogen) atoms. The Morgan fingerprint density at radius 1 is 0.968 bits per heavy atom. The largest absolute Gasteiger partial charge is 0.507 e. The molecular formula is C25H19IN2O3. The first kappa shape index (κ1) is 20.9. The number of para-hydroxylation sites is 1. The minimum Gasteiger partial charge on any atom is -0.507 e. The highest BCUT2D eigenvalue weighted by Gasteiger charge is 2.12. The molecule has 0 aromatic heterocycles. The zero-order valence-corrected chi connectivity index (χ0v) is 18.6. The molecule has 0 saturated heterocycles. The van der Waals surface area contributed by atoms with Gasteiger partial charge in [-0.15, -0.1) is 0 Å². The second-order valence-corrected chi connectivity index (χ2v) is 8.11. The number of phenolic OH excluding ortho intramolecular Hbond substituents is 1. The number of hydrogen-bond donors (Lipinski definition) is 2. The zero-order valence-electron chi connectivity index (χ0n) is 16.5. The lowest BCUT2D eigenvalue weighted by Crippen LogP contribution is -2.17. The van der Waals surface area contributed by atoms with Crippen LogP contribution in [0.5, 0.6) is 11.5 Å². The quantitative estimate of drug-likeness (QED) is 0.200. The van der Waals surface area contributed by atoms with E-state index in [0.717, 1.165) is 21.9 Å². The van der Waals surface area contributed by atoms with Gasteiger partial charge in [-0.05, 0) is 75.3 Å². The van der Waals surface area contributed by atoms with Crippen molar-refractivity contribution in [2.75, 3.05) is 0 Å². The monoisotopic (exact) mass is 522 g/mol. The minimum atomic E-state index is -0.489. The maximum absolute atomic E-state index is 12.5. The van der Waals surface area contributed by atoms with Gasteiger partial charge in [-0.2, -0.15) is 5.10 Å². The summed E-state index contributed by atoms with van der Waals surface area (Å²) in [4.78, 5) is 12.5. The molecule has 0 unspecified atom stereocenters. The van der Waals surface area contributed by atoms with Crippen LogP contribution < -0.4 is 10.2 Å². The molecule has 2 N–H and O–H groups in total. The van der Waals surface area contributed by atoms with E-state index in [1.54, 1.807) is 12.1 Å². The van der Waals surface area contributed by atoms with E-state index >= 15 is 0 Å². The fourth-order valence-electron chi connectivity index (χ4n) is 3.09. The van der Waals surface area contributed by atoms with Crippen molar-refractivity contribution in [1.29, 1.82) is 0 Å². The van der Waals surface area contributed by atoms with E-state index in [9.17, 15) is 9.90 Å². The lowest BCUT2D eigenvalue weighted by Gasteiger charge is -2.09. The van der Waals surface area contributed by atoms with E-state index in [-0.39, 0.29) is 11.3 Å². The van der Waals surface area contributed by atoms with Crippen LogP contribution >= 0.6 is 22.6 Å². The number of fused-ring (bicyclic) bond motifs is 1. The van der Waals surface area contributed by atoms with Crippen molar-refractivity contribution in [3.8, 4) is 11.5 Å². The second-order valence-electron chi connectivity index (χ2n) is 6.87. The van der Waals surface area contributed by atoms with E-state index in [2.05, 4.69) is 33.1 Å². The molecule has 0 fully saturated rings. The van der Waals surface area contributed by atoms with Gasteiger partial charge in [-0.3, -0.25) is 4.79 Å². The van der Waals surface area contributed by atoms with Crippen molar-refractivity contribution in [3.05, 3.63) is 105 Å². The normalized spacial score (nSPS) is 11.0. The smallest absolute Gasteiger partial charge is 0.275 e. The number of carbonyl (C=O) groups is 1. The minimum absolute atomic E-state index is 0.0901. The highest BCUT2D eigenvalue weighted by molar-refractivity contribution is 14.1. The highest BCUT2D eigenvalue weighted by Crippen LogP contribution is 2.25. The van der Waals surface area contributed by atoms with E-state index < -0.39 is 5.91 Å². The van der Waals surface area contributed by atoms with Crippen molar-refractivity contribution in [2.45, 2.75) is 6.61 Å². The summed E-state index contributed by atoms with van der Waals surface area (Å²) >= 11 is 2.26. The maximum atomic E-state index is 12.5. The van der Waals surface area contributed by atoms with Crippen LogP contribution in [0.4, 0.5) is 0 Å². The number of phenols is 1. The molecule has 1 amide bonds. The predicted molar refractivity (Wildman–Crippen MR) is 131 cm³/mol. The average molecular weight is 522 g/mol. The van der Waals surface area contributed by atoms with E-state index in [4.69, 9.17) is 4.74 Å². The number of halogens is 1.